The van der Waals surface area contributed by atoms with Crippen LogP contribution in [-0.2, 0) is 10.0 Å². The predicted molar refractivity (Wildman–Crippen MR) is 122 cm³/mol. The Kier molecular flexibility index (Phi) is 5.87. The van der Waals surface area contributed by atoms with Crippen LogP contribution in [0.2, 0.25) is 0 Å². The van der Waals surface area contributed by atoms with Crippen LogP contribution in [0.5, 0.6) is 5.75 Å². The lowest BCUT2D eigenvalue weighted by Gasteiger charge is -2.12. The smallest absolute Gasteiger partial charge is 0.263 e. The number of nitrogens with zero attached hydrogens (tertiary/aromatic N) is 1. The second-order valence-electron chi connectivity index (χ2n) is 6.75. The molecule has 0 fully saturated rings. The van der Waals surface area contributed by atoms with Gasteiger partial charge in [-0.2, -0.15) is 0 Å². The van der Waals surface area contributed by atoms with Crippen LogP contribution < -0.4 is 14.8 Å². The van der Waals surface area contributed by atoms with Crippen molar-refractivity contribution >= 4 is 42.8 Å². The van der Waals surface area contributed by atoms with Gasteiger partial charge in [0.15, 0.2) is 0 Å². The van der Waals surface area contributed by atoms with Crippen LogP contribution in [0.4, 0.5) is 11.4 Å². The Balaban J connectivity index is 1.45. The number of pyridine rings is 1. The number of benzene rings is 2. The molecule has 0 spiro atoms. The van der Waals surface area contributed by atoms with Crippen molar-refractivity contribution in [2.45, 2.75) is 11.8 Å². The number of ether oxygens (including phenoxy) is 1. The first-order chi connectivity index (χ1) is 14.5. The molecule has 2 aromatic heterocycles. The molecule has 0 saturated carbocycles. The highest BCUT2D eigenvalue weighted by Gasteiger charge is 2.19. The number of fused-ring (bicyclic) bond motifs is 1. The molecule has 8 heteroatoms. The Hall–Kier alpha value is -3.10. The van der Waals surface area contributed by atoms with Crippen molar-refractivity contribution in [3.63, 3.8) is 0 Å². The highest BCUT2D eigenvalue weighted by atomic mass is 32.2. The van der Waals surface area contributed by atoms with Gasteiger partial charge >= 0.3 is 0 Å². The number of aryl methyl sites for hydroxylation is 1. The molecule has 0 bridgehead atoms. The number of anilines is 2. The van der Waals surface area contributed by atoms with E-state index >= 15 is 0 Å². The maximum atomic E-state index is 13.0. The zero-order valence-electron chi connectivity index (χ0n) is 16.3. The molecule has 2 N–H and O–H groups in total. The first kappa shape index (κ1) is 20.2. The van der Waals surface area contributed by atoms with Gasteiger partial charge in [0.25, 0.3) is 10.0 Å². The summed E-state index contributed by atoms with van der Waals surface area (Å²) < 4.78 is 35.4. The van der Waals surface area contributed by atoms with Crippen LogP contribution in [0.15, 0.2) is 77.3 Å². The Morgan fingerprint density at radius 1 is 1.03 bits per heavy atom. The number of hydrogen-bond donors (Lipinski definition) is 2. The first-order valence-corrected chi connectivity index (χ1v) is 11.7. The van der Waals surface area contributed by atoms with E-state index in [2.05, 4.69) is 15.0 Å². The summed E-state index contributed by atoms with van der Waals surface area (Å²) in [7, 11) is -3.70. The zero-order valence-corrected chi connectivity index (χ0v) is 18.0. The minimum absolute atomic E-state index is 0.286. The fraction of sp³-hybridized carbons (Fsp3) is 0.136. The van der Waals surface area contributed by atoms with E-state index in [9.17, 15) is 8.42 Å². The number of aromatic nitrogens is 1. The first-order valence-electron chi connectivity index (χ1n) is 9.39. The molecule has 6 nitrogen and oxygen atoms in total. The van der Waals surface area contributed by atoms with E-state index in [-0.39, 0.29) is 4.90 Å². The number of nitrogens with one attached hydrogen (secondary N) is 2. The maximum absolute atomic E-state index is 13.0. The SMILES string of the molecule is Cc1cc(NS(=O)(=O)c2csc3ccccc23)cc(OCCNc2ccncc2)c1. The molecule has 4 aromatic rings. The third-order valence-electron chi connectivity index (χ3n) is 4.42. The van der Waals surface area contributed by atoms with Gasteiger partial charge in [0, 0.05) is 46.2 Å². The molecule has 0 amide bonds. The van der Waals surface area contributed by atoms with Crippen molar-refractivity contribution in [2.24, 2.45) is 0 Å². The third kappa shape index (κ3) is 4.72. The minimum Gasteiger partial charge on any atom is -0.492 e. The Morgan fingerprint density at radius 3 is 2.67 bits per heavy atom. The summed E-state index contributed by atoms with van der Waals surface area (Å²) in [6, 6.07) is 16.6. The Bertz CT molecular complexity index is 1260. The lowest BCUT2D eigenvalue weighted by atomic mass is 10.2. The third-order valence-corrected chi connectivity index (χ3v) is 6.95. The summed E-state index contributed by atoms with van der Waals surface area (Å²) in [5.74, 6) is 0.611. The molecule has 0 saturated heterocycles. The average molecular weight is 440 g/mol. The van der Waals surface area contributed by atoms with Crippen molar-refractivity contribution in [1.82, 2.24) is 4.98 Å². The molecular formula is C22H21N3O3S2. The van der Waals surface area contributed by atoms with Crippen molar-refractivity contribution in [3.05, 3.63) is 77.9 Å². The molecule has 0 atom stereocenters. The molecular weight excluding hydrogens is 418 g/mol. The fourth-order valence-corrected chi connectivity index (χ4v) is 5.64. The van der Waals surface area contributed by atoms with Gasteiger partial charge in [0.1, 0.15) is 17.3 Å². The number of hydrogen-bond acceptors (Lipinski definition) is 6. The van der Waals surface area contributed by atoms with E-state index in [1.54, 1.807) is 29.9 Å². The highest BCUT2D eigenvalue weighted by molar-refractivity contribution is 7.93. The van der Waals surface area contributed by atoms with Crippen molar-refractivity contribution < 1.29 is 13.2 Å². The van der Waals surface area contributed by atoms with Crippen molar-refractivity contribution in [2.75, 3.05) is 23.2 Å². The van der Waals surface area contributed by atoms with E-state index in [1.165, 1.54) is 11.3 Å². The van der Waals surface area contributed by atoms with Crippen LogP contribution in [0.1, 0.15) is 5.56 Å². The zero-order chi connectivity index (χ0) is 21.0. The topological polar surface area (TPSA) is 80.3 Å². The highest BCUT2D eigenvalue weighted by Crippen LogP contribution is 2.31. The Labute approximate surface area is 179 Å². The molecule has 0 radical (unpaired) electrons. The van der Waals surface area contributed by atoms with Crippen LogP contribution in [0.25, 0.3) is 10.1 Å². The fourth-order valence-electron chi connectivity index (χ4n) is 3.10. The van der Waals surface area contributed by atoms with Crippen LogP contribution >= 0.6 is 11.3 Å². The van der Waals surface area contributed by atoms with Crippen molar-refractivity contribution in [1.29, 1.82) is 0 Å². The molecule has 0 aliphatic heterocycles. The number of sulfonamides is 1. The summed E-state index contributed by atoms with van der Waals surface area (Å²) in [5, 5.41) is 5.64. The normalized spacial score (nSPS) is 11.4. The van der Waals surface area contributed by atoms with Gasteiger partial charge in [-0.25, -0.2) is 8.42 Å². The molecule has 0 unspecified atom stereocenters. The minimum atomic E-state index is -3.70. The molecule has 2 aromatic carbocycles. The van der Waals surface area contributed by atoms with Gasteiger partial charge in [-0.05, 0) is 42.8 Å². The lowest BCUT2D eigenvalue weighted by Crippen LogP contribution is -2.14. The second kappa shape index (κ2) is 8.73. The van der Waals surface area contributed by atoms with Gasteiger partial charge < -0.3 is 10.1 Å². The summed E-state index contributed by atoms with van der Waals surface area (Å²) in [6.45, 7) is 2.95. The van der Waals surface area contributed by atoms with Crippen molar-refractivity contribution in [3.8, 4) is 5.75 Å². The van der Waals surface area contributed by atoms with E-state index in [0.29, 0.717) is 24.6 Å². The summed E-state index contributed by atoms with van der Waals surface area (Å²) in [6.07, 6.45) is 3.44. The van der Waals surface area contributed by atoms with Crippen LogP contribution in [-0.4, -0.2) is 26.6 Å². The van der Waals surface area contributed by atoms with Gasteiger partial charge in [0.05, 0.1) is 5.69 Å². The molecule has 0 aliphatic carbocycles. The van der Waals surface area contributed by atoms with E-state index < -0.39 is 10.0 Å². The molecule has 30 heavy (non-hydrogen) atoms. The summed E-state index contributed by atoms with van der Waals surface area (Å²) in [5.41, 5.74) is 2.35. The largest absolute Gasteiger partial charge is 0.492 e. The number of rotatable bonds is 8. The monoisotopic (exact) mass is 439 g/mol. The number of thiophene rings is 1. The summed E-state index contributed by atoms with van der Waals surface area (Å²) >= 11 is 1.41. The summed E-state index contributed by atoms with van der Waals surface area (Å²) in [4.78, 5) is 4.26. The van der Waals surface area contributed by atoms with Gasteiger partial charge in [0.2, 0.25) is 0 Å². The Morgan fingerprint density at radius 2 is 1.83 bits per heavy atom. The standard InChI is InChI=1S/C22H21N3O3S2/c1-16-12-18(14-19(13-16)28-11-10-24-17-6-8-23-9-7-17)25-30(26,27)22-15-29-21-5-3-2-4-20(21)22/h2-9,12-15,25H,10-11H2,1H3,(H,23,24). The van der Waals surface area contributed by atoms with Gasteiger partial charge in [-0.1, -0.05) is 18.2 Å². The molecule has 0 aliphatic rings. The molecule has 154 valence electrons. The lowest BCUT2D eigenvalue weighted by molar-refractivity contribution is 0.333. The predicted octanol–water partition coefficient (Wildman–Crippen LogP) is 4.90. The van der Waals surface area contributed by atoms with E-state index in [1.807, 2.05) is 49.4 Å². The van der Waals surface area contributed by atoms with Crippen LogP contribution in [0.3, 0.4) is 0 Å². The van der Waals surface area contributed by atoms with E-state index in [4.69, 9.17) is 4.74 Å². The second-order valence-corrected chi connectivity index (χ2v) is 9.31. The molecule has 2 heterocycles. The van der Waals surface area contributed by atoms with Gasteiger partial charge in [-0.15, -0.1) is 11.3 Å². The van der Waals surface area contributed by atoms with E-state index in [0.717, 1.165) is 21.3 Å². The molecule has 4 rings (SSSR count). The van der Waals surface area contributed by atoms with Crippen LogP contribution in [0, 0.1) is 6.92 Å². The maximum Gasteiger partial charge on any atom is 0.263 e. The average Bonchev–Trinajstić information content (AvgIpc) is 3.16. The quantitative estimate of drug-likeness (QED) is 0.382. The van der Waals surface area contributed by atoms with Gasteiger partial charge in [-0.3, -0.25) is 9.71 Å².